The van der Waals surface area contributed by atoms with E-state index in [1.165, 1.54) is 0 Å². The van der Waals surface area contributed by atoms with Crippen molar-refractivity contribution < 1.29 is 28.5 Å². The fourth-order valence-electron chi connectivity index (χ4n) is 2.37. The Morgan fingerprint density at radius 1 is 0.656 bits per heavy atom. The molecule has 6 heteroatoms. The number of hydrogen-bond donors (Lipinski definition) is 0. The third-order valence-corrected chi connectivity index (χ3v) is 4.00. The maximum Gasteiger partial charge on any atom is 0.330 e. The van der Waals surface area contributed by atoms with Crippen LogP contribution in [-0.4, -0.2) is 38.4 Å². The van der Waals surface area contributed by atoms with E-state index < -0.39 is 11.9 Å². The molecule has 0 saturated carbocycles. The van der Waals surface area contributed by atoms with Gasteiger partial charge in [0, 0.05) is 36.1 Å². The van der Waals surface area contributed by atoms with Gasteiger partial charge in [-0.2, -0.15) is 0 Å². The first-order valence-corrected chi connectivity index (χ1v) is 10.2. The summed E-state index contributed by atoms with van der Waals surface area (Å²) in [6.07, 6.45) is 3.47. The first kappa shape index (κ1) is 24.3. The molecule has 2 aromatic carbocycles. The lowest BCUT2D eigenvalue weighted by molar-refractivity contribution is -0.138. The molecule has 0 amide bonds. The van der Waals surface area contributed by atoms with Crippen LogP contribution in [-0.2, 0) is 19.1 Å². The van der Waals surface area contributed by atoms with E-state index in [0.717, 1.165) is 34.8 Å². The second-order valence-corrected chi connectivity index (χ2v) is 6.45. The largest absolute Gasteiger partial charge is 0.493 e. The van der Waals surface area contributed by atoms with Gasteiger partial charge in [0.15, 0.2) is 0 Å². The summed E-state index contributed by atoms with van der Waals surface area (Å²) in [7, 11) is 0. The maximum absolute atomic E-state index is 10.9. The lowest BCUT2D eigenvalue weighted by Crippen LogP contribution is -2.06. The minimum atomic E-state index is -0.432. The third kappa shape index (κ3) is 9.68. The normalized spacial score (nSPS) is 9.62. The minimum Gasteiger partial charge on any atom is -0.493 e. The zero-order chi connectivity index (χ0) is 23.0. The van der Waals surface area contributed by atoms with E-state index in [4.69, 9.17) is 18.9 Å². The molecule has 0 saturated heterocycles. The molecule has 0 unspecified atom stereocenters. The molecule has 2 aromatic rings. The van der Waals surface area contributed by atoms with Gasteiger partial charge in [-0.1, -0.05) is 25.0 Å². The zero-order valence-corrected chi connectivity index (χ0v) is 17.9. The molecule has 2 rings (SSSR count). The van der Waals surface area contributed by atoms with Gasteiger partial charge in [0.1, 0.15) is 11.5 Å². The van der Waals surface area contributed by atoms with Crippen molar-refractivity contribution in [2.24, 2.45) is 0 Å². The summed E-state index contributed by atoms with van der Waals surface area (Å²) < 4.78 is 21.0. The van der Waals surface area contributed by atoms with Crippen molar-refractivity contribution in [1.82, 2.24) is 0 Å². The average molecular weight is 434 g/mol. The molecule has 0 aliphatic rings. The highest BCUT2D eigenvalue weighted by Crippen LogP contribution is 2.14. The van der Waals surface area contributed by atoms with Crippen molar-refractivity contribution in [3.05, 3.63) is 85.0 Å². The predicted molar refractivity (Wildman–Crippen MR) is 121 cm³/mol. The smallest absolute Gasteiger partial charge is 0.330 e. The van der Waals surface area contributed by atoms with Crippen LogP contribution in [0.5, 0.6) is 11.5 Å². The van der Waals surface area contributed by atoms with E-state index >= 15 is 0 Å². The molecule has 6 nitrogen and oxygen atoms in total. The van der Waals surface area contributed by atoms with Gasteiger partial charge in [0.25, 0.3) is 0 Å². The standard InChI is InChI=1S/C26H26O6/c1-3-25(27)31-19-5-17-29-23-13-9-21(10-14-23)7-8-22-11-15-24(16-12-22)30-18-6-20-32-26(28)4-2/h3-4,9-16H,1-2,5-6,17-20H2. The number of benzene rings is 2. The first-order valence-electron chi connectivity index (χ1n) is 10.2. The third-order valence-electron chi connectivity index (χ3n) is 4.00. The quantitative estimate of drug-likeness (QED) is 0.217. The van der Waals surface area contributed by atoms with Crippen molar-refractivity contribution >= 4 is 11.9 Å². The number of hydrogen-bond acceptors (Lipinski definition) is 6. The van der Waals surface area contributed by atoms with Gasteiger partial charge in [0.05, 0.1) is 26.4 Å². The molecule has 0 N–H and O–H groups in total. The van der Waals surface area contributed by atoms with Crippen LogP contribution in [0, 0.1) is 11.8 Å². The molecule has 0 radical (unpaired) electrons. The van der Waals surface area contributed by atoms with Crippen LogP contribution in [0.15, 0.2) is 73.8 Å². The molecule has 0 fully saturated rings. The Morgan fingerprint density at radius 2 is 1.03 bits per heavy atom. The predicted octanol–water partition coefficient (Wildman–Crippen LogP) is 4.08. The van der Waals surface area contributed by atoms with Gasteiger partial charge < -0.3 is 18.9 Å². The molecule has 32 heavy (non-hydrogen) atoms. The fraction of sp³-hybridized carbons (Fsp3) is 0.231. The molecule has 0 aliphatic heterocycles. The zero-order valence-electron chi connectivity index (χ0n) is 17.9. The minimum absolute atomic E-state index is 0.295. The first-order chi connectivity index (χ1) is 15.6. The molecule has 0 aliphatic carbocycles. The van der Waals surface area contributed by atoms with Crippen LogP contribution in [0.1, 0.15) is 24.0 Å². The summed E-state index contributed by atoms with van der Waals surface area (Å²) in [5.74, 6) is 6.81. The molecule has 0 heterocycles. The highest BCUT2D eigenvalue weighted by atomic mass is 16.5. The van der Waals surface area contributed by atoms with Crippen molar-refractivity contribution in [3.8, 4) is 23.3 Å². The van der Waals surface area contributed by atoms with Gasteiger partial charge in [-0.05, 0) is 48.5 Å². The maximum atomic E-state index is 10.9. The second kappa shape index (κ2) is 14.1. The van der Waals surface area contributed by atoms with Gasteiger partial charge in [-0.3, -0.25) is 0 Å². The van der Waals surface area contributed by atoms with Crippen LogP contribution in [0.25, 0.3) is 0 Å². The van der Waals surface area contributed by atoms with E-state index in [1.54, 1.807) is 0 Å². The van der Waals surface area contributed by atoms with Crippen LogP contribution < -0.4 is 9.47 Å². The number of esters is 2. The molecule has 0 atom stereocenters. The van der Waals surface area contributed by atoms with Crippen LogP contribution >= 0.6 is 0 Å². The topological polar surface area (TPSA) is 71.1 Å². The highest BCUT2D eigenvalue weighted by Gasteiger charge is 1.99. The molecular formula is C26H26O6. The monoisotopic (exact) mass is 434 g/mol. The van der Waals surface area contributed by atoms with Gasteiger partial charge >= 0.3 is 11.9 Å². The summed E-state index contributed by atoms with van der Waals surface area (Å²) in [4.78, 5) is 21.9. The summed E-state index contributed by atoms with van der Waals surface area (Å²) in [6.45, 7) is 8.17. The van der Waals surface area contributed by atoms with E-state index in [2.05, 4.69) is 25.0 Å². The Balaban J connectivity index is 1.72. The number of carbonyl (C=O) groups is 2. The van der Waals surface area contributed by atoms with Gasteiger partial charge in [0.2, 0.25) is 0 Å². The number of ether oxygens (including phenoxy) is 4. The van der Waals surface area contributed by atoms with Crippen LogP contribution in [0.3, 0.4) is 0 Å². The molecule has 166 valence electrons. The lowest BCUT2D eigenvalue weighted by Gasteiger charge is -2.06. The Kier molecular flexibility index (Phi) is 10.7. The SMILES string of the molecule is C=CC(=O)OCCCOc1ccc(C#Cc2ccc(OCCCOC(=O)C=C)cc2)cc1. The Morgan fingerprint density at radius 3 is 1.38 bits per heavy atom. The molecule has 0 spiro atoms. The molecule has 0 bridgehead atoms. The summed E-state index contributed by atoms with van der Waals surface area (Å²) >= 11 is 0. The Hall–Kier alpha value is -3.98. The number of carbonyl (C=O) groups excluding carboxylic acids is 2. The fourth-order valence-corrected chi connectivity index (χ4v) is 2.37. The van der Waals surface area contributed by atoms with E-state index in [9.17, 15) is 9.59 Å². The molecule has 0 aromatic heterocycles. The van der Waals surface area contributed by atoms with E-state index in [1.807, 2.05) is 48.5 Å². The summed E-state index contributed by atoms with van der Waals surface area (Å²) in [5, 5.41) is 0. The second-order valence-electron chi connectivity index (χ2n) is 6.45. The Labute approximate surface area is 188 Å². The lowest BCUT2D eigenvalue weighted by atomic mass is 10.2. The number of rotatable bonds is 12. The highest BCUT2D eigenvalue weighted by molar-refractivity contribution is 5.81. The van der Waals surface area contributed by atoms with E-state index in [-0.39, 0.29) is 0 Å². The molecular weight excluding hydrogens is 408 g/mol. The Bertz CT molecular complexity index is 871. The summed E-state index contributed by atoms with van der Waals surface area (Å²) in [5.41, 5.74) is 1.73. The summed E-state index contributed by atoms with van der Waals surface area (Å²) in [6, 6.07) is 14.9. The van der Waals surface area contributed by atoms with Crippen LogP contribution in [0.2, 0.25) is 0 Å². The van der Waals surface area contributed by atoms with Crippen molar-refractivity contribution in [2.75, 3.05) is 26.4 Å². The van der Waals surface area contributed by atoms with E-state index in [0.29, 0.717) is 39.3 Å². The van der Waals surface area contributed by atoms with Crippen molar-refractivity contribution in [1.29, 1.82) is 0 Å². The van der Waals surface area contributed by atoms with Crippen molar-refractivity contribution in [2.45, 2.75) is 12.8 Å². The van der Waals surface area contributed by atoms with Gasteiger partial charge in [-0.15, -0.1) is 0 Å². The van der Waals surface area contributed by atoms with Crippen molar-refractivity contribution in [3.63, 3.8) is 0 Å². The van der Waals surface area contributed by atoms with Gasteiger partial charge in [-0.25, -0.2) is 9.59 Å². The van der Waals surface area contributed by atoms with Crippen LogP contribution in [0.4, 0.5) is 0 Å². The average Bonchev–Trinajstić information content (AvgIpc) is 2.83.